The van der Waals surface area contributed by atoms with Crippen LogP contribution in [0.2, 0.25) is 0 Å². The number of amides is 1. The molecule has 0 saturated heterocycles. The fraction of sp³-hybridized carbons (Fsp3) is 0.368. The number of nitrogens with zero attached hydrogens (tertiary/aromatic N) is 6. The Balaban J connectivity index is 1.45. The maximum atomic E-state index is 13.0. The van der Waals surface area contributed by atoms with Gasteiger partial charge in [0.15, 0.2) is 5.82 Å². The van der Waals surface area contributed by atoms with Crippen molar-refractivity contribution in [3.8, 4) is 0 Å². The molecule has 1 aliphatic carbocycles. The second-order valence-corrected chi connectivity index (χ2v) is 6.98. The molecular formula is C19H20N6O. The van der Waals surface area contributed by atoms with Crippen molar-refractivity contribution >= 4 is 23.1 Å². The van der Waals surface area contributed by atoms with E-state index in [2.05, 4.69) is 33.0 Å². The van der Waals surface area contributed by atoms with Gasteiger partial charge in [0, 0.05) is 31.5 Å². The van der Waals surface area contributed by atoms with Crippen molar-refractivity contribution in [1.82, 2.24) is 19.6 Å². The Morgan fingerprint density at radius 1 is 1.23 bits per heavy atom. The van der Waals surface area contributed by atoms with E-state index in [4.69, 9.17) is 0 Å². The first kappa shape index (κ1) is 15.3. The summed E-state index contributed by atoms with van der Waals surface area (Å²) in [7, 11) is 0. The van der Waals surface area contributed by atoms with Gasteiger partial charge >= 0.3 is 0 Å². The van der Waals surface area contributed by atoms with Crippen molar-refractivity contribution in [2.24, 2.45) is 0 Å². The average Bonchev–Trinajstić information content (AvgIpc) is 3.40. The van der Waals surface area contributed by atoms with Crippen LogP contribution >= 0.6 is 0 Å². The number of aromatic nitrogens is 4. The van der Waals surface area contributed by atoms with Gasteiger partial charge in [-0.1, -0.05) is 12.1 Å². The maximum absolute atomic E-state index is 13.0. The summed E-state index contributed by atoms with van der Waals surface area (Å²) in [6.45, 7) is 3.71. The van der Waals surface area contributed by atoms with Crippen molar-refractivity contribution in [3.05, 3.63) is 48.0 Å². The molecule has 7 heteroatoms. The third-order valence-corrected chi connectivity index (χ3v) is 5.12. The highest BCUT2D eigenvalue weighted by Gasteiger charge is 2.36. The van der Waals surface area contributed by atoms with Crippen LogP contribution in [-0.2, 0) is 11.2 Å². The molecule has 3 aromatic rings. The third-order valence-electron chi connectivity index (χ3n) is 5.12. The minimum atomic E-state index is 0.0307. The Morgan fingerprint density at radius 3 is 2.92 bits per heavy atom. The van der Waals surface area contributed by atoms with Crippen molar-refractivity contribution < 1.29 is 4.79 Å². The third kappa shape index (κ3) is 2.51. The lowest BCUT2D eigenvalue weighted by Gasteiger charge is -2.39. The van der Waals surface area contributed by atoms with Gasteiger partial charge < -0.3 is 9.80 Å². The van der Waals surface area contributed by atoms with Crippen LogP contribution in [-0.4, -0.2) is 44.6 Å². The van der Waals surface area contributed by atoms with E-state index in [9.17, 15) is 4.79 Å². The van der Waals surface area contributed by atoms with Crippen LogP contribution in [0.15, 0.2) is 36.7 Å². The van der Waals surface area contributed by atoms with E-state index in [1.54, 1.807) is 23.0 Å². The van der Waals surface area contributed by atoms with Crippen LogP contribution in [0, 0.1) is 6.92 Å². The van der Waals surface area contributed by atoms with Gasteiger partial charge in [0.25, 0.3) is 5.78 Å². The molecule has 0 N–H and O–H groups in total. The van der Waals surface area contributed by atoms with Crippen molar-refractivity contribution in [2.45, 2.75) is 32.2 Å². The van der Waals surface area contributed by atoms with E-state index in [1.807, 2.05) is 17.0 Å². The minimum absolute atomic E-state index is 0.0307. The Morgan fingerprint density at radius 2 is 2.12 bits per heavy atom. The highest BCUT2D eigenvalue weighted by molar-refractivity contribution is 5.99. The number of hydrogen-bond donors (Lipinski definition) is 0. The second kappa shape index (κ2) is 5.79. The number of rotatable bonds is 3. The van der Waals surface area contributed by atoms with Gasteiger partial charge in [-0.3, -0.25) is 4.79 Å². The highest BCUT2D eigenvalue weighted by Crippen LogP contribution is 2.42. The monoisotopic (exact) mass is 348 g/mol. The van der Waals surface area contributed by atoms with Gasteiger partial charge in [-0.25, -0.2) is 9.50 Å². The van der Waals surface area contributed by atoms with E-state index >= 15 is 0 Å². The molecule has 0 unspecified atom stereocenters. The number of aryl methyl sites for hydroxylation is 1. The van der Waals surface area contributed by atoms with E-state index in [0.29, 0.717) is 24.2 Å². The van der Waals surface area contributed by atoms with Crippen LogP contribution in [0.5, 0.6) is 0 Å². The van der Waals surface area contributed by atoms with Gasteiger partial charge in [-0.15, -0.1) is 5.10 Å². The maximum Gasteiger partial charge on any atom is 0.252 e. The first-order valence-electron chi connectivity index (χ1n) is 9.03. The summed E-state index contributed by atoms with van der Waals surface area (Å²) in [4.78, 5) is 25.9. The molecular weight excluding hydrogens is 328 g/mol. The molecule has 5 rings (SSSR count). The fourth-order valence-corrected chi connectivity index (χ4v) is 3.77. The zero-order valence-corrected chi connectivity index (χ0v) is 14.7. The lowest BCUT2D eigenvalue weighted by molar-refractivity contribution is -0.118. The van der Waals surface area contributed by atoms with E-state index in [0.717, 1.165) is 12.2 Å². The van der Waals surface area contributed by atoms with Gasteiger partial charge in [0.1, 0.15) is 0 Å². The zero-order valence-electron chi connectivity index (χ0n) is 14.7. The summed E-state index contributed by atoms with van der Waals surface area (Å²) in [6.07, 6.45) is 6.14. The number of benzene rings is 1. The smallest absolute Gasteiger partial charge is 0.252 e. The normalized spacial score (nSPS) is 16.8. The lowest BCUT2D eigenvalue weighted by atomic mass is 10.1. The summed E-state index contributed by atoms with van der Waals surface area (Å²) >= 11 is 0. The summed E-state index contributed by atoms with van der Waals surface area (Å²) in [5.74, 6) is 1.06. The average molecular weight is 348 g/mol. The van der Waals surface area contributed by atoms with Crippen LogP contribution in [0.4, 0.5) is 11.4 Å². The zero-order chi connectivity index (χ0) is 17.7. The Bertz CT molecular complexity index is 960. The highest BCUT2D eigenvalue weighted by atomic mass is 16.2. The van der Waals surface area contributed by atoms with Crippen molar-refractivity contribution in [1.29, 1.82) is 0 Å². The number of carbonyl (C=O) groups is 1. The quantitative estimate of drug-likeness (QED) is 0.724. The topological polar surface area (TPSA) is 66.6 Å². The molecule has 0 radical (unpaired) electrons. The molecule has 1 saturated carbocycles. The van der Waals surface area contributed by atoms with E-state index < -0.39 is 0 Å². The number of carbonyl (C=O) groups excluding carboxylic acids is 1. The first-order chi connectivity index (χ1) is 12.7. The molecule has 132 valence electrons. The molecule has 0 bridgehead atoms. The molecule has 2 aromatic heterocycles. The second-order valence-electron chi connectivity index (χ2n) is 6.98. The van der Waals surface area contributed by atoms with Gasteiger partial charge in [0.05, 0.1) is 17.8 Å². The summed E-state index contributed by atoms with van der Waals surface area (Å²) in [5.41, 5.74) is 3.44. The molecule has 3 heterocycles. The largest absolute Gasteiger partial charge is 0.365 e. The molecule has 1 aromatic carbocycles. The summed E-state index contributed by atoms with van der Waals surface area (Å²) < 4.78 is 1.60. The lowest BCUT2D eigenvalue weighted by Crippen LogP contribution is -2.46. The first-order valence-corrected chi connectivity index (χ1v) is 9.03. The molecule has 0 spiro atoms. The van der Waals surface area contributed by atoms with Gasteiger partial charge in [-0.2, -0.15) is 4.98 Å². The van der Waals surface area contributed by atoms with Crippen LogP contribution in [0.3, 0.4) is 0 Å². The Hall–Kier alpha value is -2.96. The van der Waals surface area contributed by atoms with E-state index in [-0.39, 0.29) is 12.3 Å². The van der Waals surface area contributed by atoms with Gasteiger partial charge in [-0.05, 0) is 37.5 Å². The number of hydrogen-bond acceptors (Lipinski definition) is 5. The van der Waals surface area contributed by atoms with E-state index in [1.165, 1.54) is 24.1 Å². The summed E-state index contributed by atoms with van der Waals surface area (Å²) in [6, 6.07) is 8.63. The fourth-order valence-electron chi connectivity index (χ4n) is 3.77. The Kier molecular flexibility index (Phi) is 3.41. The SMILES string of the molecule is Cc1cccc2c1N(C1CC1)CCN2C(=O)Cc1nc2ncccn2n1. The number of anilines is 2. The predicted molar refractivity (Wildman–Crippen MR) is 98.4 cm³/mol. The van der Waals surface area contributed by atoms with Crippen LogP contribution < -0.4 is 9.80 Å². The number of fused-ring (bicyclic) bond motifs is 2. The molecule has 7 nitrogen and oxygen atoms in total. The Labute approximate surface area is 151 Å². The van der Waals surface area contributed by atoms with Crippen molar-refractivity contribution in [3.63, 3.8) is 0 Å². The molecule has 26 heavy (non-hydrogen) atoms. The van der Waals surface area contributed by atoms with Crippen LogP contribution in [0.25, 0.3) is 5.78 Å². The predicted octanol–water partition coefficient (Wildman–Crippen LogP) is 1.99. The molecule has 2 aliphatic rings. The molecule has 1 fully saturated rings. The molecule has 1 aliphatic heterocycles. The standard InChI is InChI=1S/C19H20N6O/c1-13-4-2-5-15-18(13)23(14-6-7-14)10-11-24(15)17(26)12-16-21-19-20-8-3-9-25(19)22-16/h2-5,8-9,14H,6-7,10-12H2,1H3. The van der Waals surface area contributed by atoms with Gasteiger partial charge in [0.2, 0.25) is 5.91 Å². The van der Waals surface area contributed by atoms with Crippen molar-refractivity contribution in [2.75, 3.05) is 22.9 Å². The molecule has 0 atom stereocenters. The molecule has 1 amide bonds. The van der Waals surface area contributed by atoms with Crippen LogP contribution in [0.1, 0.15) is 24.2 Å². The summed E-state index contributed by atoms with van der Waals surface area (Å²) in [5, 5.41) is 4.36. The number of para-hydroxylation sites is 1. The minimum Gasteiger partial charge on any atom is -0.365 e.